The Bertz CT molecular complexity index is 791. The van der Waals surface area contributed by atoms with Crippen LogP contribution in [0.4, 0.5) is 16.2 Å². The number of anilines is 1. The predicted octanol–water partition coefficient (Wildman–Crippen LogP) is 6.59. The van der Waals surface area contributed by atoms with Gasteiger partial charge in [-0.25, -0.2) is 24.3 Å². The number of unbranched alkanes of at least 4 members (excludes halogenated alkanes) is 2. The fraction of sp³-hybridized carbons (Fsp3) is 0.565. The van der Waals surface area contributed by atoms with E-state index in [9.17, 15) is 4.39 Å². The molecule has 0 saturated carbocycles. The molecule has 0 aliphatic carbocycles. The second kappa shape index (κ2) is 12.2. The maximum Gasteiger partial charge on any atom is 0.223 e. The van der Waals surface area contributed by atoms with Crippen LogP contribution in [0.1, 0.15) is 72.6 Å². The average molecular weight is 400 g/mol. The molecule has 0 bridgehead atoms. The molecule has 5 nitrogen and oxygen atoms in total. The minimum Gasteiger partial charge on any atom is -0.354 e. The van der Waals surface area contributed by atoms with E-state index in [4.69, 9.17) is 0 Å². The maximum absolute atomic E-state index is 14.5. The van der Waals surface area contributed by atoms with E-state index in [0.29, 0.717) is 28.9 Å². The molecule has 0 aromatic carbocycles. The fourth-order valence-corrected chi connectivity index (χ4v) is 3.19. The first-order valence-corrected chi connectivity index (χ1v) is 10.9. The molecular formula is C23H34FN5. The van der Waals surface area contributed by atoms with Gasteiger partial charge in [0.15, 0.2) is 11.6 Å². The van der Waals surface area contributed by atoms with Gasteiger partial charge >= 0.3 is 0 Å². The van der Waals surface area contributed by atoms with Gasteiger partial charge in [-0.15, -0.1) is 0 Å². The fourth-order valence-electron chi connectivity index (χ4n) is 3.19. The smallest absolute Gasteiger partial charge is 0.223 e. The predicted molar refractivity (Wildman–Crippen MR) is 119 cm³/mol. The van der Waals surface area contributed by atoms with E-state index in [2.05, 4.69) is 53.0 Å². The zero-order chi connectivity index (χ0) is 21.1. The van der Waals surface area contributed by atoms with Crippen LogP contribution in [0.5, 0.6) is 0 Å². The van der Waals surface area contributed by atoms with Crippen LogP contribution in [-0.2, 0) is 0 Å². The van der Waals surface area contributed by atoms with Crippen LogP contribution in [0.25, 0.3) is 11.3 Å². The number of hydrogen-bond donors (Lipinski definition) is 1. The van der Waals surface area contributed by atoms with Crippen LogP contribution < -0.4 is 5.32 Å². The topological polar surface area (TPSA) is 63.1 Å². The van der Waals surface area contributed by atoms with Crippen molar-refractivity contribution in [1.29, 1.82) is 0 Å². The van der Waals surface area contributed by atoms with Gasteiger partial charge in [0.05, 0.1) is 11.9 Å². The van der Waals surface area contributed by atoms with Crippen molar-refractivity contribution in [2.75, 3.05) is 11.9 Å². The highest BCUT2D eigenvalue weighted by atomic mass is 19.1. The SMILES string of the molecule is CCCCCC(CC)=Nc1cc(-c2ccnc(NCC(C)CCC)n2)c(F)cn1. The summed E-state index contributed by atoms with van der Waals surface area (Å²) in [7, 11) is 0. The molecule has 0 aliphatic rings. The average Bonchev–Trinajstić information content (AvgIpc) is 2.73. The Labute approximate surface area is 174 Å². The highest BCUT2D eigenvalue weighted by Gasteiger charge is 2.11. The highest BCUT2D eigenvalue weighted by molar-refractivity contribution is 5.86. The number of nitrogens with one attached hydrogen (secondary N) is 1. The molecule has 2 aromatic rings. The van der Waals surface area contributed by atoms with Gasteiger partial charge in [0, 0.05) is 24.0 Å². The molecule has 1 N–H and O–H groups in total. The molecule has 2 rings (SSSR count). The second-order valence-corrected chi connectivity index (χ2v) is 7.55. The summed E-state index contributed by atoms with van der Waals surface area (Å²) < 4.78 is 14.5. The first kappa shape index (κ1) is 22.9. The van der Waals surface area contributed by atoms with Crippen LogP contribution >= 0.6 is 0 Å². The van der Waals surface area contributed by atoms with Crippen molar-refractivity contribution in [1.82, 2.24) is 15.0 Å². The lowest BCUT2D eigenvalue weighted by molar-refractivity contribution is 0.549. The van der Waals surface area contributed by atoms with Crippen LogP contribution in [0.3, 0.4) is 0 Å². The lowest BCUT2D eigenvalue weighted by atomic mass is 10.1. The maximum atomic E-state index is 14.5. The van der Waals surface area contributed by atoms with Crippen molar-refractivity contribution >= 4 is 17.5 Å². The van der Waals surface area contributed by atoms with Gasteiger partial charge in [-0.2, -0.15) is 0 Å². The molecule has 29 heavy (non-hydrogen) atoms. The number of aliphatic imine (C=N–C) groups is 1. The summed E-state index contributed by atoms with van der Waals surface area (Å²) in [6.07, 6.45) is 10.5. The molecular weight excluding hydrogens is 365 g/mol. The van der Waals surface area contributed by atoms with Crippen LogP contribution in [0, 0.1) is 11.7 Å². The first-order valence-electron chi connectivity index (χ1n) is 10.9. The number of nitrogens with zero attached hydrogens (tertiary/aromatic N) is 4. The Hall–Kier alpha value is -2.37. The summed E-state index contributed by atoms with van der Waals surface area (Å²) in [4.78, 5) is 17.6. The molecule has 158 valence electrons. The monoisotopic (exact) mass is 399 g/mol. The summed E-state index contributed by atoms with van der Waals surface area (Å²) in [5.41, 5.74) is 2.03. The quantitative estimate of drug-likeness (QED) is 0.323. The minimum absolute atomic E-state index is 0.398. The summed E-state index contributed by atoms with van der Waals surface area (Å²) >= 11 is 0. The van der Waals surface area contributed by atoms with Crippen molar-refractivity contribution in [2.45, 2.75) is 72.6 Å². The molecule has 2 heterocycles. The summed E-state index contributed by atoms with van der Waals surface area (Å²) in [6.45, 7) is 9.44. The number of pyridine rings is 1. The highest BCUT2D eigenvalue weighted by Crippen LogP contribution is 2.25. The summed E-state index contributed by atoms with van der Waals surface area (Å²) in [6, 6.07) is 3.39. The Morgan fingerprint density at radius 2 is 2.00 bits per heavy atom. The molecule has 0 amide bonds. The van der Waals surface area contributed by atoms with Crippen molar-refractivity contribution < 1.29 is 4.39 Å². The third-order valence-corrected chi connectivity index (χ3v) is 4.91. The standard InChI is InChI=1S/C23H34FN5/c1-5-8-9-11-18(7-3)28-22-14-19(20(24)16-26-22)21-12-13-25-23(29-21)27-15-17(4)10-6-2/h12-14,16-17H,5-11,15H2,1-4H3,(H,25,27,29). The van der Waals surface area contributed by atoms with Crippen molar-refractivity contribution in [3.05, 3.63) is 30.3 Å². The molecule has 0 spiro atoms. The summed E-state index contributed by atoms with van der Waals surface area (Å²) in [5, 5.41) is 3.26. The second-order valence-electron chi connectivity index (χ2n) is 7.55. The lowest BCUT2D eigenvalue weighted by Gasteiger charge is -2.12. The Morgan fingerprint density at radius 1 is 1.17 bits per heavy atom. The Kier molecular flexibility index (Phi) is 9.68. The van der Waals surface area contributed by atoms with E-state index in [1.807, 2.05) is 0 Å². The third kappa shape index (κ3) is 7.52. The van der Waals surface area contributed by atoms with Gasteiger partial charge in [-0.1, -0.05) is 47.0 Å². The van der Waals surface area contributed by atoms with Crippen molar-refractivity contribution in [3.63, 3.8) is 0 Å². The first-order chi connectivity index (χ1) is 14.1. The largest absolute Gasteiger partial charge is 0.354 e. The zero-order valence-corrected chi connectivity index (χ0v) is 18.2. The number of rotatable bonds is 12. The molecule has 0 radical (unpaired) electrons. The van der Waals surface area contributed by atoms with Crippen molar-refractivity contribution in [3.8, 4) is 11.3 Å². The van der Waals surface area contributed by atoms with Gasteiger partial charge in [0.25, 0.3) is 0 Å². The number of halogens is 1. The van der Waals surface area contributed by atoms with E-state index in [1.54, 1.807) is 18.3 Å². The Balaban J connectivity index is 2.19. The van der Waals surface area contributed by atoms with Gasteiger partial charge in [-0.3, -0.25) is 0 Å². The molecule has 1 atom stereocenters. The molecule has 2 aromatic heterocycles. The molecule has 6 heteroatoms. The zero-order valence-electron chi connectivity index (χ0n) is 18.2. The minimum atomic E-state index is -0.406. The summed E-state index contributed by atoms with van der Waals surface area (Å²) in [5.74, 6) is 1.17. The third-order valence-electron chi connectivity index (χ3n) is 4.91. The van der Waals surface area contributed by atoms with E-state index < -0.39 is 5.82 Å². The molecule has 0 saturated heterocycles. The van der Waals surface area contributed by atoms with Gasteiger partial charge in [-0.05, 0) is 43.7 Å². The molecule has 0 fully saturated rings. The molecule has 1 unspecified atom stereocenters. The normalized spacial score (nSPS) is 12.8. The number of hydrogen-bond acceptors (Lipinski definition) is 5. The van der Waals surface area contributed by atoms with Crippen LogP contribution in [0.2, 0.25) is 0 Å². The Morgan fingerprint density at radius 3 is 2.72 bits per heavy atom. The van der Waals surface area contributed by atoms with Crippen molar-refractivity contribution in [2.24, 2.45) is 10.9 Å². The molecule has 0 aliphatic heterocycles. The van der Waals surface area contributed by atoms with E-state index in [-0.39, 0.29) is 0 Å². The van der Waals surface area contributed by atoms with E-state index in [0.717, 1.165) is 44.4 Å². The van der Waals surface area contributed by atoms with Gasteiger partial charge < -0.3 is 5.32 Å². The van der Waals surface area contributed by atoms with Crippen LogP contribution in [0.15, 0.2) is 29.5 Å². The lowest BCUT2D eigenvalue weighted by Crippen LogP contribution is -2.13. The van der Waals surface area contributed by atoms with E-state index in [1.165, 1.54) is 19.0 Å². The van der Waals surface area contributed by atoms with Crippen LogP contribution in [-0.4, -0.2) is 27.2 Å². The van der Waals surface area contributed by atoms with Gasteiger partial charge in [0.1, 0.15) is 0 Å². The van der Waals surface area contributed by atoms with Gasteiger partial charge in [0.2, 0.25) is 5.95 Å². The van der Waals surface area contributed by atoms with E-state index >= 15 is 0 Å². The number of aromatic nitrogens is 3.